The van der Waals surface area contributed by atoms with E-state index in [4.69, 9.17) is 9.47 Å². The lowest BCUT2D eigenvalue weighted by atomic mass is 9.98. The molecule has 1 aliphatic heterocycles. The first kappa shape index (κ1) is 18.0. The van der Waals surface area contributed by atoms with Gasteiger partial charge in [0, 0.05) is 37.0 Å². The van der Waals surface area contributed by atoms with E-state index in [1.54, 1.807) is 14.0 Å². The number of ether oxygens (including phenoxy) is 2. The Morgan fingerprint density at radius 2 is 1.92 bits per heavy atom. The van der Waals surface area contributed by atoms with E-state index < -0.39 is 0 Å². The molecule has 1 aliphatic rings. The van der Waals surface area contributed by atoms with Crippen molar-refractivity contribution >= 4 is 11.9 Å². The summed E-state index contributed by atoms with van der Waals surface area (Å²) >= 11 is 0. The summed E-state index contributed by atoms with van der Waals surface area (Å²) in [6.45, 7) is 3.41. The van der Waals surface area contributed by atoms with Crippen molar-refractivity contribution < 1.29 is 19.1 Å². The third-order valence-electron chi connectivity index (χ3n) is 4.64. The fraction of sp³-hybridized carbons (Fsp3) is 0.400. The van der Waals surface area contributed by atoms with Crippen molar-refractivity contribution in [3.8, 4) is 5.75 Å². The van der Waals surface area contributed by atoms with Gasteiger partial charge < -0.3 is 18.9 Å². The van der Waals surface area contributed by atoms with Gasteiger partial charge in [0.2, 0.25) is 5.91 Å². The van der Waals surface area contributed by atoms with Gasteiger partial charge in [-0.15, -0.1) is 0 Å². The van der Waals surface area contributed by atoms with Crippen LogP contribution in [0.5, 0.6) is 5.75 Å². The number of aromatic nitrogens is 1. The molecule has 0 bridgehead atoms. The van der Waals surface area contributed by atoms with Crippen molar-refractivity contribution in [3.63, 3.8) is 0 Å². The van der Waals surface area contributed by atoms with Gasteiger partial charge in [0.05, 0.1) is 20.1 Å². The second-order valence-corrected chi connectivity index (χ2v) is 6.16. The van der Waals surface area contributed by atoms with E-state index >= 15 is 0 Å². The highest BCUT2D eigenvalue weighted by Crippen LogP contribution is 2.37. The monoisotopic (exact) mass is 356 g/mol. The molecule has 0 saturated carbocycles. The second kappa shape index (κ2) is 8.08. The van der Waals surface area contributed by atoms with Crippen LogP contribution in [-0.2, 0) is 20.9 Å². The quantitative estimate of drug-likeness (QED) is 0.747. The molecule has 1 amide bonds. The Morgan fingerprint density at radius 3 is 2.69 bits per heavy atom. The van der Waals surface area contributed by atoms with Gasteiger partial charge >= 0.3 is 5.97 Å². The minimum absolute atomic E-state index is 0.0543. The zero-order valence-electron chi connectivity index (χ0n) is 15.2. The van der Waals surface area contributed by atoms with E-state index in [2.05, 4.69) is 4.57 Å². The smallest absolute Gasteiger partial charge is 0.306 e. The summed E-state index contributed by atoms with van der Waals surface area (Å²) in [5.41, 5.74) is 1.99. The van der Waals surface area contributed by atoms with E-state index in [0.717, 1.165) is 23.6 Å². The molecular weight excluding hydrogens is 332 g/mol. The van der Waals surface area contributed by atoms with Crippen molar-refractivity contribution in [2.24, 2.45) is 0 Å². The highest BCUT2D eigenvalue weighted by molar-refractivity contribution is 5.82. The Labute approximate surface area is 153 Å². The van der Waals surface area contributed by atoms with Gasteiger partial charge in [-0.25, -0.2) is 0 Å². The van der Waals surface area contributed by atoms with E-state index in [1.165, 1.54) is 0 Å². The Bertz CT molecular complexity index is 784. The molecule has 0 N–H and O–H groups in total. The van der Waals surface area contributed by atoms with Crippen LogP contribution in [0.2, 0.25) is 0 Å². The van der Waals surface area contributed by atoms with Crippen LogP contribution in [0.4, 0.5) is 0 Å². The third kappa shape index (κ3) is 3.59. The summed E-state index contributed by atoms with van der Waals surface area (Å²) in [7, 11) is 1.63. The Hall–Kier alpha value is -2.76. The molecule has 0 fully saturated rings. The first-order valence-electron chi connectivity index (χ1n) is 8.88. The molecule has 0 radical (unpaired) electrons. The number of carbonyl (C=O) groups excluding carboxylic acids is 2. The first-order chi connectivity index (χ1) is 12.7. The lowest BCUT2D eigenvalue weighted by Crippen LogP contribution is -2.42. The summed E-state index contributed by atoms with van der Waals surface area (Å²) in [6.07, 6.45) is 2.27. The molecule has 1 atom stereocenters. The average molecular weight is 356 g/mol. The molecule has 1 aromatic heterocycles. The normalized spacial score (nSPS) is 16.1. The number of methoxy groups -OCH3 is 1. The van der Waals surface area contributed by atoms with Gasteiger partial charge in [-0.1, -0.05) is 18.2 Å². The molecule has 0 aliphatic carbocycles. The Kier molecular flexibility index (Phi) is 5.61. The fourth-order valence-electron chi connectivity index (χ4n) is 3.46. The molecule has 3 rings (SSSR count). The molecular formula is C20H24N2O4. The topological polar surface area (TPSA) is 60.8 Å². The lowest BCUT2D eigenvalue weighted by Gasteiger charge is -2.38. The number of benzene rings is 1. The highest BCUT2D eigenvalue weighted by atomic mass is 16.5. The summed E-state index contributed by atoms with van der Waals surface area (Å²) in [5, 5.41) is 0. The number of esters is 1. The van der Waals surface area contributed by atoms with Gasteiger partial charge in [-0.05, 0) is 25.1 Å². The number of nitrogens with zero attached hydrogens (tertiary/aromatic N) is 2. The van der Waals surface area contributed by atoms with Crippen LogP contribution in [0.15, 0.2) is 42.6 Å². The van der Waals surface area contributed by atoms with Gasteiger partial charge in [0.25, 0.3) is 0 Å². The maximum Gasteiger partial charge on any atom is 0.306 e. The zero-order chi connectivity index (χ0) is 18.5. The molecule has 1 aromatic carbocycles. The van der Waals surface area contributed by atoms with Crippen LogP contribution in [-0.4, -0.2) is 41.6 Å². The average Bonchev–Trinajstić information content (AvgIpc) is 3.14. The maximum atomic E-state index is 12.9. The van der Waals surface area contributed by atoms with E-state index in [9.17, 15) is 9.59 Å². The molecule has 6 heteroatoms. The number of para-hydroxylation sites is 1. The van der Waals surface area contributed by atoms with Gasteiger partial charge in [-0.2, -0.15) is 0 Å². The van der Waals surface area contributed by atoms with Crippen LogP contribution in [0, 0.1) is 0 Å². The largest absolute Gasteiger partial charge is 0.496 e. The molecule has 6 nitrogen and oxygen atoms in total. The predicted octanol–water partition coefficient (Wildman–Crippen LogP) is 2.77. The van der Waals surface area contributed by atoms with Crippen LogP contribution >= 0.6 is 0 Å². The maximum absolute atomic E-state index is 12.9. The minimum Gasteiger partial charge on any atom is -0.496 e. The van der Waals surface area contributed by atoms with E-state index in [0.29, 0.717) is 13.2 Å². The first-order valence-corrected chi connectivity index (χ1v) is 8.88. The van der Waals surface area contributed by atoms with E-state index in [1.807, 2.05) is 47.5 Å². The number of hydrogen-bond donors (Lipinski definition) is 0. The summed E-state index contributed by atoms with van der Waals surface area (Å²) in [6, 6.07) is 11.5. The van der Waals surface area contributed by atoms with Gasteiger partial charge in [0.15, 0.2) is 0 Å². The molecule has 0 spiro atoms. The number of amides is 1. The zero-order valence-corrected chi connectivity index (χ0v) is 15.2. The summed E-state index contributed by atoms with van der Waals surface area (Å²) < 4.78 is 12.6. The van der Waals surface area contributed by atoms with Crippen molar-refractivity contribution in [1.82, 2.24) is 9.47 Å². The number of hydrogen-bond acceptors (Lipinski definition) is 4. The Balaban J connectivity index is 1.89. The number of fused-ring (bicyclic) bond motifs is 1. The molecule has 2 heterocycles. The van der Waals surface area contributed by atoms with Crippen LogP contribution in [0.3, 0.4) is 0 Å². The van der Waals surface area contributed by atoms with Gasteiger partial charge in [-0.3, -0.25) is 9.59 Å². The molecule has 26 heavy (non-hydrogen) atoms. The highest BCUT2D eigenvalue weighted by Gasteiger charge is 2.33. The standard InChI is InChI=1S/C20H24N2O4/c1-3-26-19(24)11-10-18(23)22-14-13-21-12-6-8-16(21)20(22)15-7-4-5-9-17(15)25-2/h4-9,12,20H,3,10-11,13-14H2,1-2H3. The van der Waals surface area contributed by atoms with Crippen molar-refractivity contribution in [1.29, 1.82) is 0 Å². The molecule has 138 valence electrons. The second-order valence-electron chi connectivity index (χ2n) is 6.16. The van der Waals surface area contributed by atoms with Crippen molar-refractivity contribution in [2.75, 3.05) is 20.3 Å². The number of carbonyl (C=O) groups is 2. The lowest BCUT2D eigenvalue weighted by molar-refractivity contribution is -0.146. The van der Waals surface area contributed by atoms with Crippen molar-refractivity contribution in [2.45, 2.75) is 32.4 Å². The summed E-state index contributed by atoms with van der Waals surface area (Å²) in [4.78, 5) is 26.4. The fourth-order valence-corrected chi connectivity index (χ4v) is 3.46. The minimum atomic E-state index is -0.338. The summed E-state index contributed by atoms with van der Waals surface area (Å²) in [5.74, 6) is 0.354. The number of rotatable bonds is 6. The van der Waals surface area contributed by atoms with Gasteiger partial charge in [0.1, 0.15) is 11.8 Å². The van der Waals surface area contributed by atoms with Crippen molar-refractivity contribution in [3.05, 3.63) is 53.9 Å². The molecule has 2 aromatic rings. The predicted molar refractivity (Wildman–Crippen MR) is 96.8 cm³/mol. The third-order valence-corrected chi connectivity index (χ3v) is 4.64. The molecule has 1 unspecified atom stereocenters. The Morgan fingerprint density at radius 1 is 1.12 bits per heavy atom. The molecule has 0 saturated heterocycles. The van der Waals surface area contributed by atoms with Crippen LogP contribution in [0.25, 0.3) is 0 Å². The van der Waals surface area contributed by atoms with Crippen LogP contribution in [0.1, 0.15) is 37.1 Å². The van der Waals surface area contributed by atoms with Crippen LogP contribution < -0.4 is 4.74 Å². The van der Waals surface area contributed by atoms with E-state index in [-0.39, 0.29) is 30.8 Å². The SMILES string of the molecule is CCOC(=O)CCC(=O)N1CCn2cccc2C1c1ccccc1OC.